The molecule has 1 rings (SSSR count). The number of benzene rings is 1. The molecule has 2 N–H and O–H groups in total. The number of rotatable bonds is 9. The van der Waals surface area contributed by atoms with E-state index >= 15 is 0 Å². The van der Waals surface area contributed by atoms with Crippen LogP contribution in [0.25, 0.3) is 0 Å². The maximum absolute atomic E-state index is 12.3. The van der Waals surface area contributed by atoms with Gasteiger partial charge in [-0.05, 0) is 25.0 Å². The van der Waals surface area contributed by atoms with Crippen molar-refractivity contribution < 1.29 is 23.5 Å². The lowest BCUT2D eigenvalue weighted by Crippen LogP contribution is -2.12. The van der Waals surface area contributed by atoms with Gasteiger partial charge >= 0.3 is 5.97 Å². The first-order chi connectivity index (χ1) is 10.4. The Morgan fingerprint density at radius 3 is 2.59 bits per heavy atom. The molecule has 8 heteroatoms. The van der Waals surface area contributed by atoms with Gasteiger partial charge in [0.25, 0.3) is 0 Å². The van der Waals surface area contributed by atoms with Crippen LogP contribution in [0.15, 0.2) is 23.1 Å². The van der Waals surface area contributed by atoms with Crippen LogP contribution >= 0.6 is 23.4 Å². The third-order valence-electron chi connectivity index (χ3n) is 2.64. The molecule has 0 radical (unpaired) electrons. The van der Waals surface area contributed by atoms with Crippen molar-refractivity contribution in [2.75, 3.05) is 11.1 Å². The summed E-state index contributed by atoms with van der Waals surface area (Å²) in [5, 5.41) is 11.4. The second kappa shape index (κ2) is 9.63. The van der Waals surface area contributed by atoms with Crippen molar-refractivity contribution in [3.63, 3.8) is 0 Å². The second-order valence-electron chi connectivity index (χ2n) is 4.47. The number of alkyl halides is 2. The van der Waals surface area contributed by atoms with Crippen LogP contribution in [0.1, 0.15) is 25.7 Å². The Bertz CT molecular complexity index is 529. The Morgan fingerprint density at radius 2 is 1.95 bits per heavy atom. The number of anilines is 1. The zero-order valence-electron chi connectivity index (χ0n) is 11.7. The maximum atomic E-state index is 12.3. The van der Waals surface area contributed by atoms with Crippen LogP contribution in [0.5, 0.6) is 0 Å². The van der Waals surface area contributed by atoms with Crippen LogP contribution in [-0.2, 0) is 9.59 Å². The standard InChI is InChI=1S/C14H16ClF2NO3S/c15-9-4-3-5-10(14(9)22-8-11(16)17)18-12(19)6-1-2-7-13(20)21/h3-5,11H,1-2,6-8H2,(H,18,19)(H,20,21). The lowest BCUT2D eigenvalue weighted by Gasteiger charge is -2.12. The minimum atomic E-state index is -2.47. The molecule has 0 saturated heterocycles. The highest BCUT2D eigenvalue weighted by molar-refractivity contribution is 7.99. The lowest BCUT2D eigenvalue weighted by atomic mass is 10.2. The molecular weight excluding hydrogens is 336 g/mol. The fourth-order valence-corrected chi connectivity index (χ4v) is 2.79. The average molecular weight is 352 g/mol. The Labute approximate surface area is 136 Å². The van der Waals surface area contributed by atoms with Gasteiger partial charge in [-0.25, -0.2) is 8.78 Å². The molecule has 1 amide bonds. The van der Waals surface area contributed by atoms with Gasteiger partial charge in [0.15, 0.2) is 0 Å². The first-order valence-electron chi connectivity index (χ1n) is 6.61. The van der Waals surface area contributed by atoms with Crippen molar-refractivity contribution in [2.45, 2.75) is 37.0 Å². The molecule has 22 heavy (non-hydrogen) atoms. The lowest BCUT2D eigenvalue weighted by molar-refractivity contribution is -0.137. The van der Waals surface area contributed by atoms with Gasteiger partial charge in [-0.2, -0.15) is 0 Å². The third-order valence-corrected chi connectivity index (χ3v) is 4.21. The Balaban J connectivity index is 2.58. The number of hydrogen-bond donors (Lipinski definition) is 2. The number of nitrogens with one attached hydrogen (secondary N) is 1. The summed E-state index contributed by atoms with van der Waals surface area (Å²) >= 11 is 6.86. The summed E-state index contributed by atoms with van der Waals surface area (Å²) in [7, 11) is 0. The number of halogens is 3. The molecule has 0 heterocycles. The summed E-state index contributed by atoms with van der Waals surface area (Å²) in [5.74, 6) is -1.61. The van der Waals surface area contributed by atoms with Crippen molar-refractivity contribution in [3.05, 3.63) is 23.2 Å². The zero-order chi connectivity index (χ0) is 16.5. The van der Waals surface area contributed by atoms with Gasteiger partial charge < -0.3 is 10.4 Å². The highest BCUT2D eigenvalue weighted by Gasteiger charge is 2.13. The van der Waals surface area contributed by atoms with Gasteiger partial charge in [0.05, 0.1) is 16.5 Å². The molecule has 0 aliphatic rings. The fraction of sp³-hybridized carbons (Fsp3) is 0.429. The van der Waals surface area contributed by atoms with Gasteiger partial charge in [-0.15, -0.1) is 11.8 Å². The third kappa shape index (κ3) is 7.09. The molecule has 0 aliphatic heterocycles. The number of carbonyl (C=O) groups excluding carboxylic acids is 1. The topological polar surface area (TPSA) is 66.4 Å². The van der Waals surface area contributed by atoms with Gasteiger partial charge in [-0.1, -0.05) is 17.7 Å². The van der Waals surface area contributed by atoms with E-state index in [4.69, 9.17) is 16.7 Å². The molecule has 4 nitrogen and oxygen atoms in total. The molecule has 0 aromatic heterocycles. The monoisotopic (exact) mass is 351 g/mol. The SMILES string of the molecule is O=C(O)CCCCC(=O)Nc1cccc(Cl)c1SCC(F)F. The van der Waals surface area contributed by atoms with Crippen molar-refractivity contribution >= 4 is 40.9 Å². The van der Waals surface area contributed by atoms with E-state index in [9.17, 15) is 18.4 Å². The van der Waals surface area contributed by atoms with Crippen LogP contribution in [0.4, 0.5) is 14.5 Å². The van der Waals surface area contributed by atoms with E-state index in [1.165, 1.54) is 0 Å². The van der Waals surface area contributed by atoms with Crippen LogP contribution in [0.3, 0.4) is 0 Å². The van der Waals surface area contributed by atoms with E-state index in [0.29, 0.717) is 28.4 Å². The number of aliphatic carboxylic acids is 1. The van der Waals surface area contributed by atoms with Crippen LogP contribution in [0, 0.1) is 0 Å². The average Bonchev–Trinajstić information content (AvgIpc) is 2.42. The largest absolute Gasteiger partial charge is 0.481 e. The van der Waals surface area contributed by atoms with E-state index in [-0.39, 0.29) is 18.7 Å². The van der Waals surface area contributed by atoms with E-state index in [1.54, 1.807) is 18.2 Å². The number of carbonyl (C=O) groups is 2. The molecule has 0 bridgehead atoms. The Kier molecular flexibility index (Phi) is 8.19. The first kappa shape index (κ1) is 18.7. The molecule has 122 valence electrons. The van der Waals surface area contributed by atoms with Crippen LogP contribution < -0.4 is 5.32 Å². The molecule has 0 unspecified atom stereocenters. The Hall–Kier alpha value is -1.34. The van der Waals surface area contributed by atoms with E-state index in [0.717, 1.165) is 11.8 Å². The molecular formula is C14H16ClF2NO3S. The van der Waals surface area contributed by atoms with Crippen molar-refractivity contribution in [1.29, 1.82) is 0 Å². The maximum Gasteiger partial charge on any atom is 0.303 e. The van der Waals surface area contributed by atoms with Gasteiger partial charge in [-0.3, -0.25) is 9.59 Å². The summed E-state index contributed by atoms with van der Waals surface area (Å²) < 4.78 is 24.6. The predicted octanol–water partition coefficient (Wildman–Crippen LogP) is 4.28. The normalized spacial score (nSPS) is 10.7. The summed E-state index contributed by atoms with van der Waals surface area (Å²) in [6.07, 6.45) is -1.44. The van der Waals surface area contributed by atoms with Crippen LogP contribution in [-0.4, -0.2) is 29.2 Å². The van der Waals surface area contributed by atoms with E-state index < -0.39 is 18.1 Å². The van der Waals surface area contributed by atoms with Gasteiger partial charge in [0.1, 0.15) is 0 Å². The first-order valence-corrected chi connectivity index (χ1v) is 7.97. The van der Waals surface area contributed by atoms with Crippen molar-refractivity contribution in [1.82, 2.24) is 0 Å². The zero-order valence-corrected chi connectivity index (χ0v) is 13.2. The van der Waals surface area contributed by atoms with Gasteiger partial charge in [0.2, 0.25) is 12.3 Å². The molecule has 0 aliphatic carbocycles. The summed E-state index contributed by atoms with van der Waals surface area (Å²) in [5.41, 5.74) is 0.390. The number of hydrogen-bond acceptors (Lipinski definition) is 3. The van der Waals surface area contributed by atoms with Crippen molar-refractivity contribution in [3.8, 4) is 0 Å². The highest BCUT2D eigenvalue weighted by atomic mass is 35.5. The molecule has 0 atom stereocenters. The quantitative estimate of drug-likeness (QED) is 0.514. The Morgan fingerprint density at radius 1 is 1.27 bits per heavy atom. The molecule has 0 fully saturated rings. The summed E-state index contributed by atoms with van der Waals surface area (Å²) in [6, 6.07) is 4.78. The number of amides is 1. The van der Waals surface area contributed by atoms with Gasteiger partial charge in [0, 0.05) is 17.7 Å². The smallest absolute Gasteiger partial charge is 0.303 e. The number of carboxylic acids is 1. The highest BCUT2D eigenvalue weighted by Crippen LogP contribution is 2.35. The second-order valence-corrected chi connectivity index (χ2v) is 5.91. The molecule has 1 aromatic rings. The van der Waals surface area contributed by atoms with E-state index in [2.05, 4.69) is 5.32 Å². The minimum absolute atomic E-state index is 0.0138. The van der Waals surface area contributed by atoms with Crippen LogP contribution in [0.2, 0.25) is 5.02 Å². The molecule has 0 saturated carbocycles. The summed E-state index contributed by atoms with van der Waals surface area (Å²) in [6.45, 7) is 0. The molecule has 1 aromatic carbocycles. The number of carboxylic acid groups (broad SMARTS) is 1. The molecule has 0 spiro atoms. The summed E-state index contributed by atoms with van der Waals surface area (Å²) in [4.78, 5) is 22.6. The predicted molar refractivity (Wildman–Crippen MR) is 82.9 cm³/mol. The number of unbranched alkanes of at least 4 members (excludes halogenated alkanes) is 1. The van der Waals surface area contributed by atoms with Crippen molar-refractivity contribution in [2.24, 2.45) is 0 Å². The fourth-order valence-electron chi connectivity index (χ4n) is 1.67. The number of thioether (sulfide) groups is 1. The minimum Gasteiger partial charge on any atom is -0.481 e. The van der Waals surface area contributed by atoms with E-state index in [1.807, 2.05) is 0 Å².